The summed E-state index contributed by atoms with van der Waals surface area (Å²) in [6.07, 6.45) is 1.94. The second-order valence-electron chi connectivity index (χ2n) is 12.8. The Morgan fingerprint density at radius 3 is 2.50 bits per heavy atom. The van der Waals surface area contributed by atoms with Crippen molar-refractivity contribution in [3.8, 4) is 11.1 Å². The molecule has 0 radical (unpaired) electrons. The maximum absolute atomic E-state index is 13.7. The van der Waals surface area contributed by atoms with Gasteiger partial charge in [0.05, 0.1) is 30.2 Å². The van der Waals surface area contributed by atoms with Crippen LogP contribution in [0.4, 0.5) is 5.82 Å². The van der Waals surface area contributed by atoms with Crippen LogP contribution in [-0.4, -0.2) is 83.7 Å². The number of fused-ring (bicyclic) bond motifs is 1. The number of piperazine rings is 1. The van der Waals surface area contributed by atoms with Crippen molar-refractivity contribution in [3.05, 3.63) is 88.6 Å². The van der Waals surface area contributed by atoms with Crippen molar-refractivity contribution in [2.45, 2.75) is 65.0 Å². The summed E-state index contributed by atoms with van der Waals surface area (Å²) in [7, 11) is -1.94. The zero-order chi connectivity index (χ0) is 35.4. The summed E-state index contributed by atoms with van der Waals surface area (Å²) in [6, 6.07) is 16.8. The minimum atomic E-state index is -4.01. The molecule has 0 unspecified atom stereocenters. The first-order chi connectivity index (χ1) is 24.1. The quantitative estimate of drug-likeness (QED) is 0.166. The molecular weight excluding hydrogens is 655 g/mol. The summed E-state index contributed by atoms with van der Waals surface area (Å²) >= 11 is 0. The lowest BCUT2D eigenvalue weighted by molar-refractivity contribution is -0.132. The van der Waals surface area contributed by atoms with E-state index in [1.54, 1.807) is 32.0 Å². The molecule has 0 spiro atoms. The molecule has 1 aliphatic rings. The van der Waals surface area contributed by atoms with Crippen molar-refractivity contribution in [1.82, 2.24) is 29.5 Å². The molecule has 0 aliphatic carbocycles. The number of hydrogen-bond acceptors (Lipinski definition) is 9. The Hall–Kier alpha value is -4.59. The van der Waals surface area contributed by atoms with Crippen LogP contribution < -0.4 is 4.72 Å². The predicted molar refractivity (Wildman–Crippen MR) is 195 cm³/mol. The number of anilines is 1. The number of aromatic nitrogens is 4. The zero-order valence-electron chi connectivity index (χ0n) is 29.4. The molecule has 6 rings (SSSR count). The van der Waals surface area contributed by atoms with Crippen molar-refractivity contribution in [1.29, 1.82) is 0 Å². The van der Waals surface area contributed by atoms with Crippen LogP contribution in [0.3, 0.4) is 0 Å². The first kappa shape index (κ1) is 35.2. The number of hydrogen-bond donors (Lipinski definition) is 1. The highest BCUT2D eigenvalue weighted by atomic mass is 32.2. The number of aryl methyl sites for hydroxylation is 2. The zero-order valence-corrected chi connectivity index (χ0v) is 30.2. The van der Waals surface area contributed by atoms with E-state index in [1.807, 2.05) is 42.2 Å². The van der Waals surface area contributed by atoms with Crippen molar-refractivity contribution in [2.75, 3.05) is 44.6 Å². The lowest BCUT2D eigenvalue weighted by Gasteiger charge is -2.32. The maximum Gasteiger partial charge on any atom is 0.263 e. The molecule has 266 valence electrons. The predicted octanol–water partition coefficient (Wildman–Crippen LogP) is 5.60. The molecule has 50 heavy (non-hydrogen) atoms. The van der Waals surface area contributed by atoms with Gasteiger partial charge in [-0.25, -0.2) is 18.4 Å². The third-order valence-electron chi connectivity index (χ3n) is 9.22. The van der Waals surface area contributed by atoms with Gasteiger partial charge in [0.25, 0.3) is 10.0 Å². The lowest BCUT2D eigenvalue weighted by Crippen LogP contribution is -2.47. The summed E-state index contributed by atoms with van der Waals surface area (Å²) in [5.74, 6) is 1.72. The van der Waals surface area contributed by atoms with Crippen molar-refractivity contribution < 1.29 is 23.9 Å². The van der Waals surface area contributed by atoms with Gasteiger partial charge in [-0.2, -0.15) is 0 Å². The summed E-state index contributed by atoms with van der Waals surface area (Å²) < 4.78 is 43.2. The number of ether oxygens (including phenoxy) is 1. The van der Waals surface area contributed by atoms with E-state index in [0.717, 1.165) is 78.4 Å². The monoisotopic (exact) mass is 701 g/mol. The van der Waals surface area contributed by atoms with Crippen LogP contribution in [-0.2, 0) is 45.5 Å². The second kappa shape index (κ2) is 15.1. The Bertz CT molecular complexity index is 2110. The number of carbonyl (C=O) groups excluding carboxylic acids is 1. The summed E-state index contributed by atoms with van der Waals surface area (Å²) in [5, 5.41) is 3.90. The van der Waals surface area contributed by atoms with Crippen LogP contribution >= 0.6 is 0 Å². The highest BCUT2D eigenvalue weighted by Gasteiger charge is 2.24. The third kappa shape index (κ3) is 7.59. The van der Waals surface area contributed by atoms with E-state index in [1.165, 1.54) is 0 Å². The fraction of sp³-hybridized carbons (Fsp3) is 0.405. The van der Waals surface area contributed by atoms with E-state index in [0.29, 0.717) is 36.6 Å². The Kier molecular flexibility index (Phi) is 10.7. The van der Waals surface area contributed by atoms with Gasteiger partial charge in [0, 0.05) is 51.8 Å². The van der Waals surface area contributed by atoms with E-state index in [9.17, 15) is 13.2 Å². The van der Waals surface area contributed by atoms with Crippen LogP contribution in [0.2, 0.25) is 0 Å². The van der Waals surface area contributed by atoms with Crippen LogP contribution in [0.1, 0.15) is 55.7 Å². The Balaban J connectivity index is 0.00000504. The second-order valence-corrected chi connectivity index (χ2v) is 14.5. The molecule has 1 saturated heterocycles. The van der Waals surface area contributed by atoms with Crippen LogP contribution in [0.25, 0.3) is 22.3 Å². The highest BCUT2D eigenvalue weighted by Crippen LogP contribution is 2.33. The number of rotatable bonds is 13. The number of amides is 1. The van der Waals surface area contributed by atoms with Gasteiger partial charge in [-0.05, 0) is 69.1 Å². The summed E-state index contributed by atoms with van der Waals surface area (Å²) in [5.41, 5.74) is 6.04. The number of sulfonamides is 1. The SMILES string of the molecule is CCCc1nc2ccc(CC(=O)N3CCN(C)CC3)nc2n1Cc1ccc(-c2ccccc2S(=O)(=O)Nc2noc(C)c2C)c(COCC)c1.[HH]. The molecule has 3 aromatic heterocycles. The van der Waals surface area contributed by atoms with Crippen LogP contribution in [0, 0.1) is 13.8 Å². The minimum absolute atomic E-state index is 0. The molecule has 0 saturated carbocycles. The lowest BCUT2D eigenvalue weighted by atomic mass is 9.97. The minimum Gasteiger partial charge on any atom is -0.377 e. The molecule has 12 nitrogen and oxygen atoms in total. The normalized spacial score (nSPS) is 14.1. The maximum atomic E-state index is 13.7. The standard InChI is InChI=1S/C37H45N7O5S.H2/c1-6-10-34-39-32-16-14-29(22-35(45)43-19-17-42(5)18-20-43)38-37(32)44(34)23-27-13-15-30(28(21-27)24-48-7-2)31-11-8-9-12-33(31)50(46,47)41-36-25(3)26(4)49-40-36;/h8-9,11-16,21H,6-7,10,17-20,22-24H2,1-5H3,(H,40,41);1H. The first-order valence-corrected chi connectivity index (χ1v) is 18.6. The van der Waals surface area contributed by atoms with Gasteiger partial charge in [0.2, 0.25) is 5.91 Å². The van der Waals surface area contributed by atoms with Gasteiger partial charge in [-0.1, -0.05) is 48.5 Å². The van der Waals surface area contributed by atoms with Crippen molar-refractivity contribution in [2.24, 2.45) is 0 Å². The number of pyridine rings is 1. The average molecular weight is 702 g/mol. The summed E-state index contributed by atoms with van der Waals surface area (Å²) in [6.45, 7) is 12.0. The number of carbonyl (C=O) groups is 1. The van der Waals surface area contributed by atoms with E-state index < -0.39 is 10.0 Å². The van der Waals surface area contributed by atoms with Crippen LogP contribution in [0.15, 0.2) is 64.0 Å². The van der Waals surface area contributed by atoms with E-state index in [4.69, 9.17) is 19.2 Å². The Morgan fingerprint density at radius 2 is 1.78 bits per heavy atom. The van der Waals surface area contributed by atoms with Crippen LogP contribution in [0.5, 0.6) is 0 Å². The van der Waals surface area contributed by atoms with Crippen molar-refractivity contribution >= 4 is 32.9 Å². The topological polar surface area (TPSA) is 136 Å². The number of nitrogens with zero attached hydrogens (tertiary/aromatic N) is 6. The molecule has 1 N–H and O–H groups in total. The molecule has 1 amide bonds. The van der Waals surface area contributed by atoms with Gasteiger partial charge in [-0.15, -0.1) is 0 Å². The fourth-order valence-electron chi connectivity index (χ4n) is 6.23. The smallest absolute Gasteiger partial charge is 0.263 e. The van der Waals surface area contributed by atoms with Gasteiger partial charge in [0.15, 0.2) is 11.5 Å². The average Bonchev–Trinajstić information content (AvgIpc) is 3.60. The van der Waals surface area contributed by atoms with E-state index in [2.05, 4.69) is 39.4 Å². The van der Waals surface area contributed by atoms with E-state index >= 15 is 0 Å². The highest BCUT2D eigenvalue weighted by molar-refractivity contribution is 7.92. The van der Waals surface area contributed by atoms with Gasteiger partial charge in [0.1, 0.15) is 17.1 Å². The molecule has 1 fully saturated rings. The molecule has 1 aliphatic heterocycles. The molecule has 4 heterocycles. The van der Waals surface area contributed by atoms with Crippen molar-refractivity contribution in [3.63, 3.8) is 0 Å². The summed E-state index contributed by atoms with van der Waals surface area (Å²) in [4.78, 5) is 27.3. The number of nitrogens with one attached hydrogen (secondary N) is 1. The van der Waals surface area contributed by atoms with E-state index in [-0.39, 0.29) is 24.5 Å². The van der Waals surface area contributed by atoms with Gasteiger partial charge < -0.3 is 23.6 Å². The molecular formula is C37H47N7O5S. The molecule has 0 atom stereocenters. The Morgan fingerprint density at radius 1 is 1.00 bits per heavy atom. The molecule has 13 heteroatoms. The third-order valence-corrected chi connectivity index (χ3v) is 10.6. The van der Waals surface area contributed by atoms with Gasteiger partial charge in [-0.3, -0.25) is 9.52 Å². The molecule has 5 aromatic rings. The number of imidazole rings is 1. The first-order valence-electron chi connectivity index (χ1n) is 17.1. The number of likely N-dealkylation sites (N-methyl/N-ethyl adjacent to an activating group) is 1. The molecule has 0 bridgehead atoms. The Labute approximate surface area is 295 Å². The molecule has 2 aromatic carbocycles. The number of benzene rings is 2. The van der Waals surface area contributed by atoms with Gasteiger partial charge >= 0.3 is 0 Å². The fourth-order valence-corrected chi connectivity index (χ4v) is 7.51. The largest absolute Gasteiger partial charge is 0.377 e.